The van der Waals surface area contributed by atoms with Gasteiger partial charge in [-0.25, -0.2) is 8.78 Å². The van der Waals surface area contributed by atoms with Crippen LogP contribution in [0.1, 0.15) is 29.7 Å². The van der Waals surface area contributed by atoms with Crippen molar-refractivity contribution in [2.24, 2.45) is 0 Å². The molecule has 0 spiro atoms. The Labute approximate surface area is 231 Å². The van der Waals surface area contributed by atoms with Crippen LogP contribution in [0.3, 0.4) is 0 Å². The lowest BCUT2D eigenvalue weighted by atomic mass is 10.0. The van der Waals surface area contributed by atoms with E-state index in [9.17, 15) is 23.2 Å². The maximum absolute atomic E-state index is 13.8. The fourth-order valence-corrected chi connectivity index (χ4v) is 4.53. The van der Waals surface area contributed by atoms with Crippen LogP contribution in [0.2, 0.25) is 0 Å². The molecule has 3 aromatic rings. The number of hydrogen-bond acceptors (Lipinski definition) is 5. The van der Waals surface area contributed by atoms with Gasteiger partial charge in [0.25, 0.3) is 0 Å². The molecule has 0 unspecified atom stereocenters. The Hall–Kier alpha value is -4.31. The first-order chi connectivity index (χ1) is 19.2. The summed E-state index contributed by atoms with van der Waals surface area (Å²) in [7, 11) is 1.58. The van der Waals surface area contributed by atoms with E-state index in [0.29, 0.717) is 24.9 Å². The van der Waals surface area contributed by atoms with Gasteiger partial charge in [0.1, 0.15) is 35.6 Å². The number of rotatable bonds is 9. The lowest BCUT2D eigenvalue weighted by Gasteiger charge is -2.29. The van der Waals surface area contributed by atoms with E-state index in [0.717, 1.165) is 23.3 Å². The SMILES string of the molecule is COc1ccc(CN2CCO[C@H](c3ccccc3)[C@H](NC(=O)[C@H](C)NC(=O)Cc3cc(F)cc(F)c3)C2=O)cc1. The molecule has 1 saturated heterocycles. The Balaban J connectivity index is 1.49. The molecule has 10 heteroatoms. The third-order valence-electron chi connectivity index (χ3n) is 6.56. The van der Waals surface area contributed by atoms with Crippen LogP contribution >= 0.6 is 0 Å². The predicted molar refractivity (Wildman–Crippen MR) is 143 cm³/mol. The smallest absolute Gasteiger partial charge is 0.248 e. The normalized spacial score (nSPS) is 18.0. The number of carbonyl (C=O) groups excluding carboxylic acids is 3. The van der Waals surface area contributed by atoms with Crippen LogP contribution in [-0.4, -0.2) is 55.0 Å². The zero-order valence-corrected chi connectivity index (χ0v) is 22.2. The zero-order valence-electron chi connectivity index (χ0n) is 22.2. The van der Waals surface area contributed by atoms with E-state index < -0.39 is 41.6 Å². The molecule has 0 bridgehead atoms. The van der Waals surface area contributed by atoms with Crippen LogP contribution in [0, 0.1) is 11.6 Å². The Bertz CT molecular complexity index is 1320. The van der Waals surface area contributed by atoms with Crippen LogP contribution in [0.25, 0.3) is 0 Å². The van der Waals surface area contributed by atoms with Gasteiger partial charge in [-0.2, -0.15) is 0 Å². The van der Waals surface area contributed by atoms with Crippen LogP contribution < -0.4 is 15.4 Å². The van der Waals surface area contributed by atoms with Crippen LogP contribution in [-0.2, 0) is 32.1 Å². The molecular weight excluding hydrogens is 520 g/mol. The highest BCUT2D eigenvalue weighted by molar-refractivity contribution is 5.92. The van der Waals surface area contributed by atoms with Gasteiger partial charge in [0.05, 0.1) is 20.1 Å². The number of nitrogens with zero attached hydrogens (tertiary/aromatic N) is 1. The number of ether oxygens (including phenoxy) is 2. The summed E-state index contributed by atoms with van der Waals surface area (Å²) >= 11 is 0. The van der Waals surface area contributed by atoms with Crippen LogP contribution in [0.5, 0.6) is 5.75 Å². The number of halogens is 2. The average Bonchev–Trinajstić information content (AvgIpc) is 3.07. The van der Waals surface area contributed by atoms with Crippen molar-refractivity contribution in [1.29, 1.82) is 0 Å². The molecule has 3 amide bonds. The first-order valence-corrected chi connectivity index (χ1v) is 12.9. The molecule has 0 aliphatic carbocycles. The largest absolute Gasteiger partial charge is 0.497 e. The summed E-state index contributed by atoms with van der Waals surface area (Å²) in [6.07, 6.45) is -1.07. The standard InChI is InChI=1S/C30H31F2N3O5/c1-19(33-26(36)16-21-14-23(31)17-24(32)15-21)29(37)34-27-28(22-6-4-3-5-7-22)40-13-12-35(30(27)38)18-20-8-10-25(39-2)11-9-20/h3-11,14-15,17,19,27-28H,12-13,16,18H2,1-2H3,(H,33,36)(H,34,37)/t19-,27-,28+/m0/s1. The third kappa shape index (κ3) is 7.41. The molecule has 1 heterocycles. The molecule has 3 atom stereocenters. The number of hydrogen-bond donors (Lipinski definition) is 2. The molecule has 1 aliphatic rings. The molecule has 1 aliphatic heterocycles. The predicted octanol–water partition coefficient (Wildman–Crippen LogP) is 3.31. The van der Waals surface area contributed by atoms with Crippen molar-refractivity contribution in [2.45, 2.75) is 38.1 Å². The molecule has 8 nitrogen and oxygen atoms in total. The fraction of sp³-hybridized carbons (Fsp3) is 0.300. The molecule has 4 rings (SSSR count). The van der Waals surface area contributed by atoms with Gasteiger partial charge < -0.3 is 25.0 Å². The quantitative estimate of drug-likeness (QED) is 0.426. The Morgan fingerprint density at radius 2 is 1.70 bits per heavy atom. The lowest BCUT2D eigenvalue weighted by molar-refractivity contribution is -0.138. The monoisotopic (exact) mass is 551 g/mol. The van der Waals surface area contributed by atoms with Crippen molar-refractivity contribution in [3.8, 4) is 5.75 Å². The molecule has 2 N–H and O–H groups in total. The van der Waals surface area contributed by atoms with Gasteiger partial charge in [0.2, 0.25) is 17.7 Å². The van der Waals surface area contributed by atoms with Crippen molar-refractivity contribution >= 4 is 17.7 Å². The van der Waals surface area contributed by atoms with Gasteiger partial charge in [0, 0.05) is 19.2 Å². The fourth-order valence-electron chi connectivity index (χ4n) is 4.53. The number of carbonyl (C=O) groups is 3. The van der Waals surface area contributed by atoms with Crippen LogP contribution in [0.15, 0.2) is 72.8 Å². The molecule has 3 aromatic carbocycles. The second-order valence-corrected chi connectivity index (χ2v) is 9.54. The summed E-state index contributed by atoms with van der Waals surface area (Å²) in [5, 5.41) is 5.30. The molecule has 40 heavy (non-hydrogen) atoms. The van der Waals surface area contributed by atoms with Crippen LogP contribution in [0.4, 0.5) is 8.78 Å². The maximum Gasteiger partial charge on any atom is 0.248 e. The summed E-state index contributed by atoms with van der Waals surface area (Å²) in [5.41, 5.74) is 1.73. The molecule has 0 saturated carbocycles. The minimum atomic E-state index is -1.06. The Morgan fingerprint density at radius 1 is 1.02 bits per heavy atom. The molecule has 0 radical (unpaired) electrons. The molecule has 210 valence electrons. The minimum absolute atomic E-state index is 0.133. The number of nitrogens with one attached hydrogen (secondary N) is 2. The van der Waals surface area contributed by atoms with Crippen molar-refractivity contribution in [2.75, 3.05) is 20.3 Å². The summed E-state index contributed by atoms with van der Waals surface area (Å²) in [5.74, 6) is -2.44. The number of methoxy groups -OCH3 is 1. The third-order valence-corrected chi connectivity index (χ3v) is 6.56. The number of amides is 3. The van der Waals surface area contributed by atoms with E-state index in [1.807, 2.05) is 54.6 Å². The van der Waals surface area contributed by atoms with Gasteiger partial charge >= 0.3 is 0 Å². The van der Waals surface area contributed by atoms with Crippen molar-refractivity contribution < 1.29 is 32.6 Å². The first kappa shape index (κ1) is 28.7. The maximum atomic E-state index is 13.8. The van der Waals surface area contributed by atoms with E-state index in [2.05, 4.69) is 10.6 Å². The molecule has 0 aromatic heterocycles. The van der Waals surface area contributed by atoms with Gasteiger partial charge in [-0.15, -0.1) is 0 Å². The summed E-state index contributed by atoms with van der Waals surface area (Å²) in [6, 6.07) is 17.2. The van der Waals surface area contributed by atoms with E-state index in [-0.39, 0.29) is 24.5 Å². The Morgan fingerprint density at radius 3 is 2.35 bits per heavy atom. The highest BCUT2D eigenvalue weighted by Gasteiger charge is 2.38. The molecular formula is C30H31F2N3O5. The molecule has 1 fully saturated rings. The van der Waals surface area contributed by atoms with Gasteiger partial charge in [-0.05, 0) is 47.9 Å². The average molecular weight is 552 g/mol. The Kier molecular flexibility index (Phi) is 9.44. The van der Waals surface area contributed by atoms with Crippen molar-refractivity contribution in [1.82, 2.24) is 15.5 Å². The summed E-state index contributed by atoms with van der Waals surface area (Å²) < 4.78 is 38.3. The van der Waals surface area contributed by atoms with E-state index in [1.54, 1.807) is 12.0 Å². The minimum Gasteiger partial charge on any atom is -0.497 e. The van der Waals surface area contributed by atoms with Crippen molar-refractivity contribution in [3.63, 3.8) is 0 Å². The second kappa shape index (κ2) is 13.2. The highest BCUT2D eigenvalue weighted by Crippen LogP contribution is 2.26. The first-order valence-electron chi connectivity index (χ1n) is 12.9. The van der Waals surface area contributed by atoms with E-state index in [4.69, 9.17) is 9.47 Å². The number of benzene rings is 3. The second-order valence-electron chi connectivity index (χ2n) is 9.54. The summed E-state index contributed by atoms with van der Waals surface area (Å²) in [4.78, 5) is 41.1. The highest BCUT2D eigenvalue weighted by atomic mass is 19.1. The van der Waals surface area contributed by atoms with E-state index >= 15 is 0 Å². The summed E-state index contributed by atoms with van der Waals surface area (Å²) in [6.45, 7) is 2.34. The topological polar surface area (TPSA) is 97.0 Å². The van der Waals surface area contributed by atoms with Crippen molar-refractivity contribution in [3.05, 3.63) is 101 Å². The van der Waals surface area contributed by atoms with Gasteiger partial charge in [-0.3, -0.25) is 14.4 Å². The van der Waals surface area contributed by atoms with Gasteiger partial charge in [-0.1, -0.05) is 42.5 Å². The van der Waals surface area contributed by atoms with E-state index in [1.165, 1.54) is 6.92 Å². The van der Waals surface area contributed by atoms with Gasteiger partial charge in [0.15, 0.2) is 0 Å². The zero-order chi connectivity index (χ0) is 28.6. The lowest BCUT2D eigenvalue weighted by Crippen LogP contribution is -2.55.